The number of aryl methyl sites for hydroxylation is 2. The summed E-state index contributed by atoms with van der Waals surface area (Å²) in [6.07, 6.45) is 2.93. The molecule has 0 aliphatic carbocycles. The number of halogens is 1. The molecule has 0 aliphatic rings. The van der Waals surface area contributed by atoms with Crippen LogP contribution >= 0.6 is 15.9 Å². The molecule has 0 bridgehead atoms. The Morgan fingerprint density at radius 3 is 1.89 bits per heavy atom. The molecule has 199 valence electrons. The van der Waals surface area contributed by atoms with Gasteiger partial charge in [0.15, 0.2) is 0 Å². The number of H-pyrrole nitrogens is 2. The summed E-state index contributed by atoms with van der Waals surface area (Å²) in [5.41, 5.74) is 4.65. The lowest BCUT2D eigenvalue weighted by Gasteiger charge is -2.02. The Balaban J connectivity index is 0.000000669. The van der Waals surface area contributed by atoms with Crippen LogP contribution in [0.1, 0.15) is 53.8 Å². The van der Waals surface area contributed by atoms with Gasteiger partial charge in [0.25, 0.3) is 0 Å². The number of carbonyl (C=O) groups is 2. The predicted octanol–water partition coefficient (Wildman–Crippen LogP) is 5.02. The van der Waals surface area contributed by atoms with E-state index in [4.69, 9.17) is 19.7 Å². The van der Waals surface area contributed by atoms with Gasteiger partial charge in [0.05, 0.1) is 36.4 Å². The second-order valence-electron chi connectivity index (χ2n) is 7.91. The third-order valence-electron chi connectivity index (χ3n) is 5.48. The van der Waals surface area contributed by atoms with Crippen molar-refractivity contribution >= 4 is 58.1 Å². The Morgan fingerprint density at radius 1 is 0.838 bits per heavy atom. The summed E-state index contributed by atoms with van der Waals surface area (Å²) < 4.78 is 10.3. The molecule has 0 aliphatic heterocycles. The summed E-state index contributed by atoms with van der Waals surface area (Å²) in [5.74, 6) is -0.706. The van der Waals surface area contributed by atoms with E-state index in [0.717, 1.165) is 50.5 Å². The second-order valence-corrected chi connectivity index (χ2v) is 8.83. The lowest BCUT2D eigenvalue weighted by molar-refractivity contribution is 0.0593. The number of aliphatic hydroxyl groups excluding tert-OH is 2. The molecule has 2 aromatic carbocycles. The van der Waals surface area contributed by atoms with Gasteiger partial charge in [-0.3, -0.25) is 0 Å². The highest BCUT2D eigenvalue weighted by molar-refractivity contribution is 9.10. The van der Waals surface area contributed by atoms with E-state index >= 15 is 0 Å². The zero-order valence-corrected chi connectivity index (χ0v) is 21.9. The van der Waals surface area contributed by atoms with Gasteiger partial charge in [0.1, 0.15) is 0 Å². The molecule has 2 aromatic heterocycles. The van der Waals surface area contributed by atoms with E-state index in [1.165, 1.54) is 14.2 Å². The van der Waals surface area contributed by atoms with Gasteiger partial charge in [-0.2, -0.15) is 0 Å². The first-order chi connectivity index (χ1) is 16.9. The first kappa shape index (κ1) is 32.0. The topological polar surface area (TPSA) is 125 Å². The largest absolute Gasteiger partial charge is 0.465 e. The van der Waals surface area contributed by atoms with Crippen molar-refractivity contribution in [2.75, 3.05) is 27.4 Å². The van der Waals surface area contributed by atoms with E-state index < -0.39 is 0 Å². The maximum Gasteiger partial charge on any atom is 0.340 e. The maximum atomic E-state index is 11.7. The lowest BCUT2D eigenvalue weighted by atomic mass is 10.1. The van der Waals surface area contributed by atoms with Gasteiger partial charge < -0.3 is 29.7 Å². The SMILES string of the molecule is C.COC(=O)c1cc(Br)cc2cc(CCCO)[nH]c12.COC(=O)c1cccc2cc(CCCO)[nH]c12.[B].[HH]. The highest BCUT2D eigenvalue weighted by atomic mass is 79.9. The monoisotopic (exact) mass is 573 g/mol. The molecule has 4 N–H and O–H groups in total. The Bertz CT molecular complexity index is 1320. The lowest BCUT2D eigenvalue weighted by Crippen LogP contribution is -2.02. The molecule has 2 heterocycles. The highest BCUT2D eigenvalue weighted by Crippen LogP contribution is 2.26. The van der Waals surface area contributed by atoms with E-state index in [1.807, 2.05) is 30.3 Å². The standard InChI is InChI=1S/C13H14BrNO3.C13H15NO3.CH4.B.H2/c1-18-13(17)11-7-9(14)5-8-6-10(3-2-4-16)15-12(8)11;1-17-13(16)11-6-2-4-9-8-10(5-3-7-15)14-12(9)11;;;/h5-7,15-16H,2-4H2,1H3;2,4,6,8,14-15H,3,5,7H2,1H3;1H4;;1H. The van der Waals surface area contributed by atoms with Gasteiger partial charge in [-0.25, -0.2) is 9.59 Å². The van der Waals surface area contributed by atoms with Gasteiger partial charge in [-0.15, -0.1) is 0 Å². The Morgan fingerprint density at radius 2 is 1.35 bits per heavy atom. The molecule has 8 nitrogen and oxygen atoms in total. The zero-order chi connectivity index (χ0) is 25.4. The molecule has 0 saturated carbocycles. The van der Waals surface area contributed by atoms with Crippen molar-refractivity contribution in [2.45, 2.75) is 33.1 Å². The van der Waals surface area contributed by atoms with Crippen molar-refractivity contribution in [2.24, 2.45) is 0 Å². The number of ether oxygens (including phenoxy) is 2. The minimum atomic E-state index is -0.364. The number of esters is 2. The number of para-hydroxylation sites is 1. The van der Waals surface area contributed by atoms with Crippen molar-refractivity contribution in [1.29, 1.82) is 0 Å². The highest BCUT2D eigenvalue weighted by Gasteiger charge is 2.14. The second kappa shape index (κ2) is 15.2. The molecular formula is C27H35BBrN2O6. The average Bonchev–Trinajstić information content (AvgIpc) is 3.48. The number of hydrogen-bond acceptors (Lipinski definition) is 6. The predicted molar refractivity (Wildman–Crippen MR) is 152 cm³/mol. The molecule has 0 atom stereocenters. The van der Waals surface area contributed by atoms with Gasteiger partial charge in [-0.05, 0) is 56.0 Å². The number of methoxy groups -OCH3 is 2. The minimum absolute atomic E-state index is 0. The van der Waals surface area contributed by atoms with Crippen molar-refractivity contribution in [1.82, 2.24) is 9.97 Å². The summed E-state index contributed by atoms with van der Waals surface area (Å²) in [5, 5.41) is 19.6. The van der Waals surface area contributed by atoms with Gasteiger partial charge in [-0.1, -0.05) is 35.5 Å². The number of benzene rings is 2. The minimum Gasteiger partial charge on any atom is -0.465 e. The number of aromatic nitrogens is 2. The van der Waals surface area contributed by atoms with Crippen molar-refractivity contribution < 1.29 is 30.7 Å². The molecule has 37 heavy (non-hydrogen) atoms. The van der Waals surface area contributed by atoms with Crippen LogP contribution in [0, 0.1) is 0 Å². The third-order valence-corrected chi connectivity index (χ3v) is 5.94. The van der Waals surface area contributed by atoms with E-state index in [-0.39, 0.29) is 42.4 Å². The maximum absolute atomic E-state index is 11.7. The number of hydrogen-bond donors (Lipinski definition) is 4. The van der Waals surface area contributed by atoms with Crippen LogP contribution < -0.4 is 0 Å². The van der Waals surface area contributed by atoms with Crippen LogP contribution in [-0.2, 0) is 22.3 Å². The van der Waals surface area contributed by atoms with Crippen LogP contribution in [0.15, 0.2) is 46.9 Å². The summed E-state index contributed by atoms with van der Waals surface area (Å²) >= 11 is 3.38. The number of nitrogens with one attached hydrogen (secondary N) is 2. The first-order valence-electron chi connectivity index (χ1n) is 11.2. The molecule has 0 amide bonds. The fourth-order valence-electron chi connectivity index (χ4n) is 3.84. The normalized spacial score (nSPS) is 10.2. The molecule has 0 spiro atoms. The van der Waals surface area contributed by atoms with Gasteiger partial charge in [0.2, 0.25) is 0 Å². The fourth-order valence-corrected chi connectivity index (χ4v) is 4.31. The molecule has 3 radical (unpaired) electrons. The smallest absolute Gasteiger partial charge is 0.340 e. The van der Waals surface area contributed by atoms with Crippen LogP contribution in [0.5, 0.6) is 0 Å². The zero-order valence-electron chi connectivity index (χ0n) is 20.3. The average molecular weight is 574 g/mol. The summed E-state index contributed by atoms with van der Waals surface area (Å²) in [6.45, 7) is 0.322. The summed E-state index contributed by atoms with van der Waals surface area (Å²) in [7, 11) is 2.74. The van der Waals surface area contributed by atoms with E-state index in [9.17, 15) is 9.59 Å². The molecule has 0 saturated heterocycles. The van der Waals surface area contributed by atoms with Crippen molar-refractivity contribution in [3.63, 3.8) is 0 Å². The molecule has 0 unspecified atom stereocenters. The van der Waals surface area contributed by atoms with Crippen LogP contribution in [0.4, 0.5) is 0 Å². The Labute approximate surface area is 228 Å². The van der Waals surface area contributed by atoms with E-state index in [1.54, 1.807) is 12.1 Å². The number of carbonyl (C=O) groups excluding carboxylic acids is 2. The van der Waals surface area contributed by atoms with Crippen molar-refractivity contribution in [3.05, 3.63) is 69.5 Å². The molecule has 0 fully saturated rings. The van der Waals surface area contributed by atoms with E-state index in [0.29, 0.717) is 24.0 Å². The van der Waals surface area contributed by atoms with Crippen LogP contribution in [0.25, 0.3) is 21.8 Å². The number of aromatic amines is 2. The van der Waals surface area contributed by atoms with E-state index in [2.05, 4.69) is 25.9 Å². The Hall–Kier alpha value is -3.08. The summed E-state index contributed by atoms with van der Waals surface area (Å²) in [4.78, 5) is 29.7. The van der Waals surface area contributed by atoms with Crippen LogP contribution in [0.3, 0.4) is 0 Å². The molecule has 4 aromatic rings. The van der Waals surface area contributed by atoms with Crippen molar-refractivity contribution in [3.8, 4) is 0 Å². The number of aliphatic hydroxyl groups is 2. The quantitative estimate of drug-likeness (QED) is 0.173. The third kappa shape index (κ3) is 7.95. The van der Waals surface area contributed by atoms with Gasteiger partial charge >= 0.3 is 11.9 Å². The molecule has 10 heteroatoms. The number of rotatable bonds is 8. The summed E-state index contributed by atoms with van der Waals surface area (Å²) in [6, 6.07) is 13.2. The molecular weight excluding hydrogens is 539 g/mol. The Kier molecular flexibility index (Phi) is 13.2. The van der Waals surface area contributed by atoms with Crippen LogP contribution in [0.2, 0.25) is 0 Å². The van der Waals surface area contributed by atoms with Gasteiger partial charge in [0, 0.05) is 49.7 Å². The first-order valence-corrected chi connectivity index (χ1v) is 12.0. The van der Waals surface area contributed by atoms with Crippen LogP contribution in [-0.4, -0.2) is 68.0 Å². The fraction of sp³-hybridized carbons (Fsp3) is 0.333. The molecule has 4 rings (SSSR count). The number of fused-ring (bicyclic) bond motifs is 2.